The van der Waals surface area contributed by atoms with Crippen molar-refractivity contribution in [1.29, 1.82) is 0 Å². The monoisotopic (exact) mass is 312 g/mol. The average molecular weight is 312 g/mol. The van der Waals surface area contributed by atoms with E-state index in [1.807, 2.05) is 6.07 Å². The van der Waals surface area contributed by atoms with Crippen LogP contribution in [-0.4, -0.2) is 24.0 Å². The number of hydrogen-bond donors (Lipinski definition) is 2. The number of carbonyl (C=O) groups is 2. The van der Waals surface area contributed by atoms with E-state index in [1.54, 1.807) is 20.8 Å². The fraction of sp³-hybridized carbons (Fsp3) is 0.600. The van der Waals surface area contributed by atoms with E-state index in [2.05, 4.69) is 12.2 Å². The second-order valence-corrected chi connectivity index (χ2v) is 7.04. The number of alkyl carbamates (subject to hydrolysis) is 1. The molecule has 5 nitrogen and oxygen atoms in total. The van der Waals surface area contributed by atoms with E-state index in [9.17, 15) is 9.59 Å². The maximum atomic E-state index is 12.1. The van der Waals surface area contributed by atoms with Crippen molar-refractivity contribution in [2.24, 2.45) is 0 Å². The number of aryl methyl sites for hydroxylation is 1. The molecule has 0 saturated carbocycles. The minimum atomic E-state index is -0.601. The molecular formula is C15H24N2O3S. The Kier molecular flexibility index (Phi) is 6.20. The molecule has 1 aromatic heterocycles. The number of carbonyl (C=O) groups excluding carboxylic acids is 2. The van der Waals surface area contributed by atoms with E-state index in [1.165, 1.54) is 11.3 Å². The number of ether oxygens (including phenoxy) is 1. The molecule has 1 amide bonds. The molecule has 21 heavy (non-hydrogen) atoms. The molecular weight excluding hydrogens is 288 g/mol. The van der Waals surface area contributed by atoms with Crippen LogP contribution in [0.2, 0.25) is 0 Å². The van der Waals surface area contributed by atoms with Gasteiger partial charge in [-0.3, -0.25) is 4.79 Å². The molecule has 0 spiro atoms. The molecule has 0 saturated heterocycles. The Morgan fingerprint density at radius 2 is 2.05 bits per heavy atom. The third kappa shape index (κ3) is 6.16. The van der Waals surface area contributed by atoms with E-state index in [-0.39, 0.29) is 12.3 Å². The summed E-state index contributed by atoms with van der Waals surface area (Å²) in [6, 6.07) is 1.83. The molecule has 0 fully saturated rings. The topological polar surface area (TPSA) is 81.4 Å². The first-order valence-corrected chi connectivity index (χ1v) is 7.93. The summed E-state index contributed by atoms with van der Waals surface area (Å²) in [4.78, 5) is 24.7. The number of rotatable bonds is 6. The Balaban J connectivity index is 2.56. The molecule has 0 aliphatic heterocycles. The highest BCUT2D eigenvalue weighted by Gasteiger charge is 2.18. The fourth-order valence-electron chi connectivity index (χ4n) is 1.71. The first-order chi connectivity index (χ1) is 9.73. The molecule has 0 aliphatic rings. The van der Waals surface area contributed by atoms with E-state index in [0.717, 1.165) is 24.1 Å². The van der Waals surface area contributed by atoms with Gasteiger partial charge in [0.2, 0.25) is 0 Å². The third-order valence-electron chi connectivity index (χ3n) is 2.68. The molecule has 1 rings (SSSR count). The van der Waals surface area contributed by atoms with Gasteiger partial charge in [0, 0.05) is 4.88 Å². The zero-order valence-electron chi connectivity index (χ0n) is 13.1. The standard InChI is InChI=1S/C15H24N2O3S/c1-5-6-7-10-8-11(13(16)21-10)12(18)9-17-14(19)20-15(2,3)4/h8H,5-7,9,16H2,1-4H3,(H,17,19). The van der Waals surface area contributed by atoms with Crippen LogP contribution in [0.1, 0.15) is 55.8 Å². The predicted octanol–water partition coefficient (Wildman–Crippen LogP) is 3.38. The van der Waals surface area contributed by atoms with Crippen molar-refractivity contribution in [3.05, 3.63) is 16.5 Å². The lowest BCUT2D eigenvalue weighted by Crippen LogP contribution is -2.35. The lowest BCUT2D eigenvalue weighted by molar-refractivity contribution is 0.0520. The Bertz CT molecular complexity index is 504. The van der Waals surface area contributed by atoms with Crippen LogP contribution in [0.5, 0.6) is 0 Å². The molecule has 6 heteroatoms. The lowest BCUT2D eigenvalue weighted by atomic mass is 10.1. The van der Waals surface area contributed by atoms with Crippen molar-refractivity contribution in [3.8, 4) is 0 Å². The molecule has 0 bridgehead atoms. The number of thiophene rings is 1. The average Bonchev–Trinajstić information content (AvgIpc) is 2.73. The number of amides is 1. The van der Waals surface area contributed by atoms with Crippen LogP contribution < -0.4 is 11.1 Å². The van der Waals surface area contributed by atoms with Gasteiger partial charge in [-0.2, -0.15) is 0 Å². The molecule has 0 radical (unpaired) electrons. The summed E-state index contributed by atoms with van der Waals surface area (Å²) in [6.07, 6.45) is 2.50. The predicted molar refractivity (Wildman–Crippen MR) is 85.9 cm³/mol. The summed E-state index contributed by atoms with van der Waals surface area (Å²) in [5, 5.41) is 2.97. The van der Waals surface area contributed by atoms with Crippen LogP contribution in [0.4, 0.5) is 9.80 Å². The number of nitrogens with two attached hydrogens (primary N) is 1. The summed E-state index contributed by atoms with van der Waals surface area (Å²) in [5.41, 5.74) is 5.78. The highest BCUT2D eigenvalue weighted by atomic mass is 32.1. The van der Waals surface area contributed by atoms with Gasteiger partial charge in [-0.25, -0.2) is 4.79 Å². The van der Waals surface area contributed by atoms with E-state index < -0.39 is 11.7 Å². The SMILES string of the molecule is CCCCc1cc(C(=O)CNC(=O)OC(C)(C)C)c(N)s1. The van der Waals surface area contributed by atoms with Crippen molar-refractivity contribution in [2.45, 2.75) is 52.6 Å². The quantitative estimate of drug-likeness (QED) is 0.789. The number of Topliss-reactive ketones (excluding diaryl/α,β-unsaturated/α-hetero) is 1. The second-order valence-electron chi connectivity index (χ2n) is 5.87. The first-order valence-electron chi connectivity index (χ1n) is 7.11. The maximum absolute atomic E-state index is 12.1. The van der Waals surface area contributed by atoms with Crippen LogP contribution in [0.25, 0.3) is 0 Å². The second kappa shape index (κ2) is 7.45. The van der Waals surface area contributed by atoms with Gasteiger partial charge in [-0.1, -0.05) is 13.3 Å². The number of nitrogens with one attached hydrogen (secondary N) is 1. The summed E-state index contributed by atoms with van der Waals surface area (Å²) in [7, 11) is 0. The van der Waals surface area contributed by atoms with Crippen molar-refractivity contribution in [2.75, 3.05) is 12.3 Å². The van der Waals surface area contributed by atoms with Gasteiger partial charge in [0.1, 0.15) is 5.60 Å². The zero-order chi connectivity index (χ0) is 16.0. The number of nitrogen functional groups attached to an aromatic ring is 1. The van der Waals surface area contributed by atoms with Crippen LogP contribution in [0, 0.1) is 0 Å². The van der Waals surface area contributed by atoms with E-state index in [4.69, 9.17) is 10.5 Å². The smallest absolute Gasteiger partial charge is 0.408 e. The fourth-order valence-corrected chi connectivity index (χ4v) is 2.70. The minimum absolute atomic E-state index is 0.108. The van der Waals surface area contributed by atoms with Gasteiger partial charge in [-0.15, -0.1) is 11.3 Å². The minimum Gasteiger partial charge on any atom is -0.444 e. The molecule has 3 N–H and O–H groups in total. The van der Waals surface area contributed by atoms with Gasteiger partial charge < -0.3 is 15.8 Å². The Morgan fingerprint density at radius 3 is 2.62 bits per heavy atom. The largest absolute Gasteiger partial charge is 0.444 e. The number of ketones is 1. The van der Waals surface area contributed by atoms with E-state index in [0.29, 0.717) is 10.6 Å². The van der Waals surface area contributed by atoms with Crippen molar-refractivity contribution >= 4 is 28.2 Å². The van der Waals surface area contributed by atoms with Gasteiger partial charge in [0.05, 0.1) is 17.1 Å². The number of hydrogen-bond acceptors (Lipinski definition) is 5. The Morgan fingerprint density at radius 1 is 1.38 bits per heavy atom. The molecule has 1 aromatic rings. The highest BCUT2D eigenvalue weighted by Crippen LogP contribution is 2.26. The van der Waals surface area contributed by atoms with Crippen molar-refractivity contribution < 1.29 is 14.3 Å². The number of anilines is 1. The molecule has 0 unspecified atom stereocenters. The molecule has 1 heterocycles. The zero-order valence-corrected chi connectivity index (χ0v) is 13.9. The highest BCUT2D eigenvalue weighted by molar-refractivity contribution is 7.16. The molecule has 0 aliphatic carbocycles. The van der Waals surface area contributed by atoms with Crippen molar-refractivity contribution in [1.82, 2.24) is 5.32 Å². The van der Waals surface area contributed by atoms with Gasteiger partial charge in [-0.05, 0) is 39.7 Å². The third-order valence-corrected chi connectivity index (χ3v) is 3.71. The summed E-state index contributed by atoms with van der Waals surface area (Å²) < 4.78 is 5.08. The molecule has 0 atom stereocenters. The Hall–Kier alpha value is -1.56. The van der Waals surface area contributed by atoms with Crippen molar-refractivity contribution in [3.63, 3.8) is 0 Å². The summed E-state index contributed by atoms with van der Waals surface area (Å²) in [6.45, 7) is 7.32. The summed E-state index contributed by atoms with van der Waals surface area (Å²) in [5.74, 6) is -0.197. The van der Waals surface area contributed by atoms with Gasteiger partial charge in [0.15, 0.2) is 5.78 Å². The Labute approximate surface area is 129 Å². The lowest BCUT2D eigenvalue weighted by Gasteiger charge is -2.19. The van der Waals surface area contributed by atoms with Gasteiger partial charge in [0.25, 0.3) is 0 Å². The van der Waals surface area contributed by atoms with Gasteiger partial charge >= 0.3 is 6.09 Å². The molecule has 0 aromatic carbocycles. The van der Waals surface area contributed by atoms with Crippen LogP contribution in [0.15, 0.2) is 6.07 Å². The van der Waals surface area contributed by atoms with Crippen LogP contribution in [0.3, 0.4) is 0 Å². The van der Waals surface area contributed by atoms with Crippen LogP contribution in [-0.2, 0) is 11.2 Å². The number of unbranched alkanes of at least 4 members (excludes halogenated alkanes) is 1. The first kappa shape index (κ1) is 17.5. The van der Waals surface area contributed by atoms with E-state index >= 15 is 0 Å². The van der Waals surface area contributed by atoms with Crippen LogP contribution >= 0.6 is 11.3 Å². The maximum Gasteiger partial charge on any atom is 0.408 e. The summed E-state index contributed by atoms with van der Waals surface area (Å²) >= 11 is 1.44. The normalized spacial score (nSPS) is 11.2. The molecule has 118 valence electrons.